The zero-order valence-electron chi connectivity index (χ0n) is 16.8. The minimum atomic E-state index is -3.41. The number of nitrogens with zero attached hydrogens (tertiary/aromatic N) is 1. The third-order valence-corrected chi connectivity index (χ3v) is 5.67. The molecule has 0 aromatic heterocycles. The van der Waals surface area contributed by atoms with Crippen molar-refractivity contribution in [1.29, 1.82) is 0 Å². The van der Waals surface area contributed by atoms with E-state index in [2.05, 4.69) is 5.32 Å². The molecule has 0 aliphatic heterocycles. The third-order valence-electron chi connectivity index (χ3n) is 4.48. The Kier molecular flexibility index (Phi) is 7.45. The summed E-state index contributed by atoms with van der Waals surface area (Å²) in [5.74, 6) is 0.653. The maximum Gasteiger partial charge on any atom is 0.232 e. The van der Waals surface area contributed by atoms with E-state index in [1.54, 1.807) is 19.2 Å². The van der Waals surface area contributed by atoms with Crippen molar-refractivity contribution in [2.24, 2.45) is 0 Å². The first-order valence-corrected chi connectivity index (χ1v) is 11.0. The molecule has 0 radical (unpaired) electrons. The molecular weight excluding hydrogens is 376 g/mol. The van der Waals surface area contributed by atoms with Crippen LogP contribution in [0.3, 0.4) is 0 Å². The minimum absolute atomic E-state index is 0.110. The van der Waals surface area contributed by atoms with Crippen LogP contribution in [0.2, 0.25) is 0 Å². The van der Waals surface area contributed by atoms with Crippen molar-refractivity contribution in [3.8, 4) is 5.75 Å². The van der Waals surface area contributed by atoms with E-state index in [0.29, 0.717) is 12.1 Å². The maximum absolute atomic E-state index is 12.3. The van der Waals surface area contributed by atoms with E-state index in [4.69, 9.17) is 4.74 Å². The van der Waals surface area contributed by atoms with Gasteiger partial charge in [0.1, 0.15) is 5.75 Å². The van der Waals surface area contributed by atoms with E-state index in [1.165, 1.54) is 10.6 Å². The number of nitrogens with one attached hydrogen (secondary N) is 1. The lowest BCUT2D eigenvalue weighted by atomic mass is 10.1. The zero-order chi connectivity index (χ0) is 20.7. The van der Waals surface area contributed by atoms with Crippen molar-refractivity contribution in [2.45, 2.75) is 32.7 Å². The van der Waals surface area contributed by atoms with Crippen LogP contribution in [-0.4, -0.2) is 34.2 Å². The molecule has 0 spiro atoms. The number of amides is 1. The average Bonchev–Trinajstić information content (AvgIpc) is 2.65. The van der Waals surface area contributed by atoms with Gasteiger partial charge in [-0.05, 0) is 50.1 Å². The maximum atomic E-state index is 12.3. The largest absolute Gasteiger partial charge is 0.497 e. The van der Waals surface area contributed by atoms with Gasteiger partial charge in [-0.2, -0.15) is 0 Å². The Bertz CT molecular complexity index is 878. The lowest BCUT2D eigenvalue weighted by Gasteiger charge is -2.22. The lowest BCUT2D eigenvalue weighted by molar-refractivity contribution is -0.121. The number of anilines is 1. The smallest absolute Gasteiger partial charge is 0.232 e. The van der Waals surface area contributed by atoms with Gasteiger partial charge in [-0.25, -0.2) is 8.42 Å². The third kappa shape index (κ3) is 6.27. The summed E-state index contributed by atoms with van der Waals surface area (Å²) in [6, 6.07) is 14.7. The van der Waals surface area contributed by atoms with Crippen LogP contribution in [0.5, 0.6) is 5.75 Å². The van der Waals surface area contributed by atoms with Gasteiger partial charge >= 0.3 is 0 Å². The van der Waals surface area contributed by atoms with E-state index in [9.17, 15) is 13.2 Å². The number of carbonyl (C=O) groups excluding carboxylic acids is 1. The molecule has 0 saturated heterocycles. The number of methoxy groups -OCH3 is 1. The molecule has 2 aromatic carbocycles. The molecule has 0 heterocycles. The first-order valence-electron chi connectivity index (χ1n) is 9.18. The Morgan fingerprint density at radius 3 is 2.25 bits per heavy atom. The summed E-state index contributed by atoms with van der Waals surface area (Å²) in [6.45, 7) is 4.12. The Morgan fingerprint density at radius 1 is 1.11 bits per heavy atom. The molecule has 0 saturated carbocycles. The second-order valence-corrected chi connectivity index (χ2v) is 8.74. The molecule has 0 aliphatic rings. The van der Waals surface area contributed by atoms with Crippen LogP contribution in [0, 0.1) is 6.92 Å². The Balaban J connectivity index is 1.90. The number of rotatable bonds is 9. The van der Waals surface area contributed by atoms with Crippen LogP contribution in [0.1, 0.15) is 36.9 Å². The van der Waals surface area contributed by atoms with Gasteiger partial charge in [0.05, 0.1) is 25.1 Å². The predicted molar refractivity (Wildman–Crippen MR) is 112 cm³/mol. The Labute approximate surface area is 167 Å². The summed E-state index contributed by atoms with van der Waals surface area (Å²) in [7, 11) is -1.80. The van der Waals surface area contributed by atoms with Crippen LogP contribution in [0.15, 0.2) is 48.5 Å². The van der Waals surface area contributed by atoms with Gasteiger partial charge in [0.15, 0.2) is 0 Å². The fraction of sp³-hybridized carbons (Fsp3) is 0.381. The number of hydrogen-bond donors (Lipinski definition) is 1. The van der Waals surface area contributed by atoms with Crippen LogP contribution >= 0.6 is 0 Å². The molecule has 152 valence electrons. The number of benzene rings is 2. The second-order valence-electron chi connectivity index (χ2n) is 6.84. The quantitative estimate of drug-likeness (QED) is 0.695. The van der Waals surface area contributed by atoms with Crippen LogP contribution in [0.4, 0.5) is 5.69 Å². The van der Waals surface area contributed by atoms with Crippen molar-refractivity contribution < 1.29 is 17.9 Å². The zero-order valence-corrected chi connectivity index (χ0v) is 17.6. The van der Waals surface area contributed by atoms with Crippen molar-refractivity contribution in [3.05, 3.63) is 59.7 Å². The number of sulfonamides is 1. The summed E-state index contributed by atoms with van der Waals surface area (Å²) < 4.78 is 30.7. The molecule has 2 aromatic rings. The molecule has 0 aliphatic carbocycles. The van der Waals surface area contributed by atoms with Gasteiger partial charge in [0.2, 0.25) is 15.9 Å². The van der Waals surface area contributed by atoms with Crippen molar-refractivity contribution in [2.75, 3.05) is 24.2 Å². The van der Waals surface area contributed by atoms with Crippen LogP contribution in [0.25, 0.3) is 0 Å². The summed E-state index contributed by atoms with van der Waals surface area (Å²) in [6.07, 6.45) is 1.86. The summed E-state index contributed by atoms with van der Waals surface area (Å²) >= 11 is 0. The molecule has 28 heavy (non-hydrogen) atoms. The SMILES string of the molecule is COc1ccc(C(C)NC(=O)CCCN(c2ccc(C)cc2)S(C)(=O)=O)cc1. The van der Waals surface area contributed by atoms with E-state index < -0.39 is 10.0 Å². The van der Waals surface area contributed by atoms with Gasteiger partial charge in [-0.1, -0.05) is 29.8 Å². The number of ether oxygens (including phenoxy) is 1. The first kappa shape index (κ1) is 21.8. The highest BCUT2D eigenvalue weighted by Crippen LogP contribution is 2.20. The second kappa shape index (κ2) is 9.59. The average molecular weight is 405 g/mol. The van der Waals surface area contributed by atoms with Gasteiger partial charge in [0.25, 0.3) is 0 Å². The molecule has 6 nitrogen and oxygen atoms in total. The topological polar surface area (TPSA) is 75.7 Å². The minimum Gasteiger partial charge on any atom is -0.497 e. The van der Waals surface area contributed by atoms with E-state index in [0.717, 1.165) is 16.9 Å². The number of aryl methyl sites for hydroxylation is 1. The van der Waals surface area contributed by atoms with Gasteiger partial charge in [-0.3, -0.25) is 9.10 Å². The molecular formula is C21H28N2O4S. The van der Waals surface area contributed by atoms with E-state index >= 15 is 0 Å². The molecule has 0 fully saturated rings. The predicted octanol–water partition coefficient (Wildman–Crippen LogP) is 3.43. The molecule has 1 unspecified atom stereocenters. The summed E-state index contributed by atoms with van der Waals surface area (Å²) in [5.41, 5.74) is 2.65. The summed E-state index contributed by atoms with van der Waals surface area (Å²) in [5, 5.41) is 2.95. The molecule has 1 amide bonds. The van der Waals surface area contributed by atoms with Gasteiger partial charge in [0, 0.05) is 13.0 Å². The highest BCUT2D eigenvalue weighted by atomic mass is 32.2. The van der Waals surface area contributed by atoms with E-state index in [1.807, 2.05) is 50.2 Å². The Morgan fingerprint density at radius 2 is 1.71 bits per heavy atom. The van der Waals surface area contributed by atoms with Gasteiger partial charge in [-0.15, -0.1) is 0 Å². The fourth-order valence-corrected chi connectivity index (χ4v) is 3.84. The van der Waals surface area contributed by atoms with Crippen molar-refractivity contribution >= 4 is 21.6 Å². The monoisotopic (exact) mass is 404 g/mol. The van der Waals surface area contributed by atoms with E-state index in [-0.39, 0.29) is 24.9 Å². The fourth-order valence-electron chi connectivity index (χ4n) is 2.87. The van der Waals surface area contributed by atoms with Crippen LogP contribution in [-0.2, 0) is 14.8 Å². The molecule has 1 atom stereocenters. The molecule has 7 heteroatoms. The van der Waals surface area contributed by atoms with Crippen LogP contribution < -0.4 is 14.4 Å². The highest BCUT2D eigenvalue weighted by Gasteiger charge is 2.18. The summed E-state index contributed by atoms with van der Waals surface area (Å²) in [4.78, 5) is 12.3. The van der Waals surface area contributed by atoms with Crippen molar-refractivity contribution in [3.63, 3.8) is 0 Å². The highest BCUT2D eigenvalue weighted by molar-refractivity contribution is 7.92. The number of hydrogen-bond acceptors (Lipinski definition) is 4. The Hall–Kier alpha value is -2.54. The standard InChI is InChI=1S/C21H28N2O4S/c1-16-7-11-19(12-8-16)23(28(4,25)26)15-5-6-21(24)22-17(2)18-9-13-20(27-3)14-10-18/h7-14,17H,5-6,15H2,1-4H3,(H,22,24). The molecule has 0 bridgehead atoms. The normalized spacial score (nSPS) is 12.3. The van der Waals surface area contributed by atoms with Crippen molar-refractivity contribution in [1.82, 2.24) is 5.32 Å². The lowest BCUT2D eigenvalue weighted by Crippen LogP contribution is -2.32. The van der Waals surface area contributed by atoms with Gasteiger partial charge < -0.3 is 10.1 Å². The molecule has 2 rings (SSSR count). The first-order chi connectivity index (χ1) is 13.2. The molecule has 1 N–H and O–H groups in total. The number of carbonyl (C=O) groups is 1.